The lowest BCUT2D eigenvalue weighted by Crippen LogP contribution is -2.49. The second-order valence-corrected chi connectivity index (χ2v) is 10.1. The molecular formula is C27H30N8O4. The highest BCUT2D eigenvalue weighted by Gasteiger charge is 2.34. The average molecular weight is 531 g/mol. The predicted octanol–water partition coefficient (Wildman–Crippen LogP) is 3.46. The fourth-order valence-corrected chi connectivity index (χ4v) is 5.84. The van der Waals surface area contributed by atoms with Gasteiger partial charge in [-0.25, -0.2) is 4.68 Å². The largest absolute Gasteiger partial charge is 0.497 e. The lowest BCUT2D eigenvalue weighted by atomic mass is 10.0. The number of fused-ring (bicyclic) bond motifs is 1. The lowest BCUT2D eigenvalue weighted by molar-refractivity contribution is -0.384. The number of piperazine rings is 1. The van der Waals surface area contributed by atoms with Gasteiger partial charge in [0.25, 0.3) is 11.2 Å². The average Bonchev–Trinajstić information content (AvgIpc) is 3.66. The summed E-state index contributed by atoms with van der Waals surface area (Å²) in [6.45, 7) is 2.72. The first-order chi connectivity index (χ1) is 19.0. The maximum absolute atomic E-state index is 13.6. The fourth-order valence-electron chi connectivity index (χ4n) is 5.84. The molecule has 2 aromatic heterocycles. The van der Waals surface area contributed by atoms with Gasteiger partial charge in [0.1, 0.15) is 11.8 Å². The Morgan fingerprint density at radius 3 is 2.49 bits per heavy atom. The number of ether oxygens (including phenoxy) is 1. The van der Waals surface area contributed by atoms with Crippen LogP contribution in [0.2, 0.25) is 0 Å². The summed E-state index contributed by atoms with van der Waals surface area (Å²) in [7, 11) is 1.60. The molecule has 4 aromatic rings. The van der Waals surface area contributed by atoms with Crippen molar-refractivity contribution in [3.63, 3.8) is 0 Å². The summed E-state index contributed by atoms with van der Waals surface area (Å²) in [6.07, 6.45) is 4.32. The molecule has 1 N–H and O–H groups in total. The second-order valence-electron chi connectivity index (χ2n) is 10.1. The molecule has 0 unspecified atom stereocenters. The molecule has 2 aliphatic rings. The summed E-state index contributed by atoms with van der Waals surface area (Å²) in [4.78, 5) is 31.7. The molecule has 3 heterocycles. The van der Waals surface area contributed by atoms with E-state index in [2.05, 4.69) is 30.3 Å². The number of hydrogen-bond acceptors (Lipinski definition) is 9. The van der Waals surface area contributed by atoms with Gasteiger partial charge in [-0.15, -0.1) is 5.10 Å². The number of pyridine rings is 1. The van der Waals surface area contributed by atoms with E-state index in [-0.39, 0.29) is 17.3 Å². The molecule has 1 aliphatic carbocycles. The van der Waals surface area contributed by atoms with Crippen molar-refractivity contribution in [3.05, 3.63) is 80.4 Å². The number of benzene rings is 2. The monoisotopic (exact) mass is 530 g/mol. The van der Waals surface area contributed by atoms with Crippen LogP contribution in [0.4, 0.5) is 11.4 Å². The number of H-pyrrole nitrogens is 1. The Morgan fingerprint density at radius 2 is 1.79 bits per heavy atom. The van der Waals surface area contributed by atoms with E-state index < -0.39 is 11.0 Å². The minimum absolute atomic E-state index is 0.0735. The second kappa shape index (κ2) is 10.4. The summed E-state index contributed by atoms with van der Waals surface area (Å²) >= 11 is 0. The van der Waals surface area contributed by atoms with E-state index in [0.717, 1.165) is 36.8 Å². The zero-order valence-electron chi connectivity index (χ0n) is 21.7. The van der Waals surface area contributed by atoms with Crippen molar-refractivity contribution < 1.29 is 9.66 Å². The molecular weight excluding hydrogens is 500 g/mol. The number of aromatic amines is 1. The SMILES string of the molecule is COc1ccc2cc([C@H](c3nnnn3C3CCCC3)N3CCN(c4ccc([N+](=O)[O-])cc4)CC3)c(=O)[nH]c2c1. The highest BCUT2D eigenvalue weighted by Crippen LogP contribution is 2.35. The number of nitro groups is 1. The molecule has 2 fully saturated rings. The summed E-state index contributed by atoms with van der Waals surface area (Å²) < 4.78 is 7.26. The van der Waals surface area contributed by atoms with E-state index >= 15 is 0 Å². The summed E-state index contributed by atoms with van der Waals surface area (Å²) in [6, 6.07) is 14.0. The molecule has 0 amide bonds. The molecule has 202 valence electrons. The first-order valence-electron chi connectivity index (χ1n) is 13.2. The van der Waals surface area contributed by atoms with Crippen LogP contribution in [0.25, 0.3) is 10.9 Å². The molecule has 12 nitrogen and oxygen atoms in total. The Morgan fingerprint density at radius 1 is 1.05 bits per heavy atom. The van der Waals surface area contributed by atoms with Crippen LogP contribution in [-0.4, -0.2) is 68.3 Å². The Hall–Kier alpha value is -4.32. The summed E-state index contributed by atoms with van der Waals surface area (Å²) in [5.74, 6) is 1.36. The molecule has 1 saturated heterocycles. The topological polar surface area (TPSA) is 135 Å². The Labute approximate surface area is 224 Å². The molecule has 12 heteroatoms. The van der Waals surface area contributed by atoms with Crippen LogP contribution in [0, 0.1) is 10.1 Å². The quantitative estimate of drug-likeness (QED) is 0.281. The first-order valence-corrected chi connectivity index (χ1v) is 13.2. The van der Waals surface area contributed by atoms with Gasteiger partial charge < -0.3 is 14.6 Å². The lowest BCUT2D eigenvalue weighted by Gasteiger charge is -2.39. The van der Waals surface area contributed by atoms with Crippen molar-refractivity contribution in [2.45, 2.75) is 37.8 Å². The molecule has 0 spiro atoms. The molecule has 1 aliphatic heterocycles. The van der Waals surface area contributed by atoms with Crippen LogP contribution in [0.15, 0.2) is 53.3 Å². The van der Waals surface area contributed by atoms with Gasteiger partial charge in [-0.3, -0.25) is 19.8 Å². The van der Waals surface area contributed by atoms with Crippen molar-refractivity contribution in [2.75, 3.05) is 38.2 Å². The number of nitrogens with zero attached hydrogens (tertiary/aromatic N) is 7. The number of nitrogens with one attached hydrogen (secondary N) is 1. The Bertz CT molecular complexity index is 1540. The number of non-ortho nitro benzene ring substituents is 1. The van der Waals surface area contributed by atoms with Gasteiger partial charge in [-0.1, -0.05) is 12.8 Å². The Balaban J connectivity index is 1.35. The maximum atomic E-state index is 13.6. The minimum Gasteiger partial charge on any atom is -0.497 e. The normalized spacial score (nSPS) is 17.5. The number of nitro benzene ring substituents is 1. The number of anilines is 1. The third kappa shape index (κ3) is 4.83. The van der Waals surface area contributed by atoms with Gasteiger partial charge in [0.05, 0.1) is 23.6 Å². The highest BCUT2D eigenvalue weighted by molar-refractivity contribution is 5.80. The molecule has 1 saturated carbocycles. The van der Waals surface area contributed by atoms with E-state index in [0.29, 0.717) is 48.8 Å². The Kier molecular flexibility index (Phi) is 6.69. The van der Waals surface area contributed by atoms with Crippen LogP contribution in [0.3, 0.4) is 0 Å². The van der Waals surface area contributed by atoms with Crippen LogP contribution >= 0.6 is 0 Å². The van der Waals surface area contributed by atoms with E-state index in [1.807, 2.05) is 28.9 Å². The maximum Gasteiger partial charge on any atom is 0.269 e. The van der Waals surface area contributed by atoms with Crippen molar-refractivity contribution in [1.29, 1.82) is 0 Å². The molecule has 0 bridgehead atoms. The van der Waals surface area contributed by atoms with Gasteiger partial charge in [0.15, 0.2) is 5.82 Å². The van der Waals surface area contributed by atoms with Crippen LogP contribution in [0.1, 0.15) is 49.2 Å². The smallest absolute Gasteiger partial charge is 0.269 e. The van der Waals surface area contributed by atoms with Crippen LogP contribution < -0.4 is 15.2 Å². The third-order valence-corrected chi connectivity index (χ3v) is 7.91. The molecule has 39 heavy (non-hydrogen) atoms. The van der Waals surface area contributed by atoms with Gasteiger partial charge in [-0.2, -0.15) is 0 Å². The van der Waals surface area contributed by atoms with E-state index in [1.54, 1.807) is 19.2 Å². The van der Waals surface area contributed by atoms with Gasteiger partial charge in [0.2, 0.25) is 0 Å². The van der Waals surface area contributed by atoms with Gasteiger partial charge >= 0.3 is 0 Å². The van der Waals surface area contributed by atoms with Crippen LogP contribution in [0.5, 0.6) is 5.75 Å². The zero-order chi connectivity index (χ0) is 26.9. The minimum atomic E-state index is -0.421. The van der Waals surface area contributed by atoms with Crippen molar-refractivity contribution in [2.24, 2.45) is 0 Å². The number of aromatic nitrogens is 5. The third-order valence-electron chi connectivity index (χ3n) is 7.91. The zero-order valence-corrected chi connectivity index (χ0v) is 21.7. The van der Waals surface area contributed by atoms with Crippen molar-refractivity contribution in [1.82, 2.24) is 30.1 Å². The molecule has 2 aromatic carbocycles. The van der Waals surface area contributed by atoms with E-state index in [1.165, 1.54) is 12.1 Å². The van der Waals surface area contributed by atoms with Gasteiger partial charge in [0, 0.05) is 55.6 Å². The van der Waals surface area contributed by atoms with Crippen LogP contribution in [-0.2, 0) is 0 Å². The fraction of sp³-hybridized carbons (Fsp3) is 0.407. The first kappa shape index (κ1) is 25.0. The predicted molar refractivity (Wildman–Crippen MR) is 145 cm³/mol. The summed E-state index contributed by atoms with van der Waals surface area (Å²) in [5.41, 5.74) is 2.14. The number of hydrogen-bond donors (Lipinski definition) is 1. The standard InChI is InChI=1S/C27H30N8O4/c1-39-22-11-6-18-16-23(27(36)28-24(18)17-22)25(26-29-30-31-34(26)20-4-2-3-5-20)33-14-12-32(13-15-33)19-7-9-21(10-8-19)35(37)38/h6-11,16-17,20,25H,2-5,12-15H2,1H3,(H,28,36)/t25-/m1/s1. The van der Waals surface area contributed by atoms with E-state index in [9.17, 15) is 14.9 Å². The van der Waals surface area contributed by atoms with E-state index in [4.69, 9.17) is 4.74 Å². The molecule has 1 atom stereocenters. The van der Waals surface area contributed by atoms with Gasteiger partial charge in [-0.05, 0) is 59.0 Å². The highest BCUT2D eigenvalue weighted by atomic mass is 16.6. The number of tetrazole rings is 1. The molecule has 0 radical (unpaired) electrons. The number of methoxy groups -OCH3 is 1. The summed E-state index contributed by atoms with van der Waals surface area (Å²) in [5, 5.41) is 24.9. The molecule has 6 rings (SSSR count). The number of rotatable bonds is 7. The van der Waals surface area contributed by atoms with Crippen molar-refractivity contribution in [3.8, 4) is 5.75 Å². The van der Waals surface area contributed by atoms with Crippen molar-refractivity contribution >= 4 is 22.3 Å².